The molecule has 3 aromatic rings. The fraction of sp³-hybridized carbons (Fsp3) is 0.333. The number of hydrogen-bond donors (Lipinski definition) is 1. The highest BCUT2D eigenvalue weighted by atomic mass is 32.2. The van der Waals surface area contributed by atoms with Crippen LogP contribution in [-0.4, -0.2) is 66.6 Å². The number of carbonyl (C=O) groups is 2. The molecule has 1 aliphatic rings. The van der Waals surface area contributed by atoms with Crippen molar-refractivity contribution in [1.29, 1.82) is 0 Å². The van der Waals surface area contributed by atoms with E-state index in [2.05, 4.69) is 4.57 Å². The average Bonchev–Trinajstić information content (AvgIpc) is 3.43. The molecule has 180 valence electrons. The van der Waals surface area contributed by atoms with Crippen LogP contribution in [0.25, 0.3) is 0 Å². The van der Waals surface area contributed by atoms with Gasteiger partial charge in [0.05, 0.1) is 24.2 Å². The summed E-state index contributed by atoms with van der Waals surface area (Å²) in [5.41, 5.74) is 8.02. The Morgan fingerprint density at radius 3 is 2.29 bits per heavy atom. The molecule has 2 N–H and O–H groups in total. The summed E-state index contributed by atoms with van der Waals surface area (Å²) in [5, 5.41) is 0. The molecular formula is C24H28N4O5S. The second-order valence-corrected chi connectivity index (χ2v) is 10.4. The number of carbonyl (C=O) groups excluding carboxylic acids is 2. The molecule has 1 aromatic carbocycles. The normalized spacial score (nSPS) is 15.5. The van der Waals surface area contributed by atoms with Crippen LogP contribution in [0.15, 0.2) is 58.0 Å². The highest BCUT2D eigenvalue weighted by Gasteiger charge is 2.29. The first-order valence-corrected chi connectivity index (χ1v) is 12.5. The van der Waals surface area contributed by atoms with E-state index in [0.717, 1.165) is 17.1 Å². The fourth-order valence-electron chi connectivity index (χ4n) is 4.24. The molecular weight excluding hydrogens is 456 g/mol. The predicted octanol–water partition coefficient (Wildman–Crippen LogP) is 2.03. The lowest BCUT2D eigenvalue weighted by Crippen LogP contribution is -2.49. The number of piperazine rings is 1. The summed E-state index contributed by atoms with van der Waals surface area (Å²) >= 11 is 0. The number of nitrogens with zero attached hydrogens (tertiary/aromatic N) is 3. The third kappa shape index (κ3) is 4.84. The quantitative estimate of drug-likeness (QED) is 0.489. The van der Waals surface area contributed by atoms with Crippen LogP contribution in [0.5, 0.6) is 0 Å². The molecule has 10 heteroatoms. The predicted molar refractivity (Wildman–Crippen MR) is 126 cm³/mol. The first-order chi connectivity index (χ1) is 16.2. The van der Waals surface area contributed by atoms with Crippen molar-refractivity contribution in [3.8, 4) is 0 Å². The lowest BCUT2D eigenvalue weighted by Gasteiger charge is -2.33. The minimum absolute atomic E-state index is 0.0112. The largest absolute Gasteiger partial charge is 0.467 e. The van der Waals surface area contributed by atoms with E-state index in [0.29, 0.717) is 25.2 Å². The standard InChI is InChI=1S/C24H28N4O5S/c1-17-14-22(18(2)28(17)15-20-4-3-13-33-20)23(29)16-26-9-11-27(12-10-26)34(31,32)21-7-5-19(6-8-21)24(25)30/h3-8,13-14H,9-12,15-16H2,1-2H3,(H2,25,30). The maximum atomic E-state index is 13.0. The van der Waals surface area contributed by atoms with Gasteiger partial charge in [-0.05, 0) is 56.3 Å². The third-order valence-electron chi connectivity index (χ3n) is 6.24. The molecule has 4 rings (SSSR count). The molecule has 0 unspecified atom stereocenters. The molecule has 3 heterocycles. The van der Waals surface area contributed by atoms with Gasteiger partial charge < -0.3 is 14.7 Å². The van der Waals surface area contributed by atoms with Gasteiger partial charge in [-0.15, -0.1) is 0 Å². The Morgan fingerprint density at radius 2 is 1.71 bits per heavy atom. The van der Waals surface area contributed by atoms with Crippen LogP contribution in [0.1, 0.15) is 37.9 Å². The Kier molecular flexibility index (Phi) is 6.74. The Balaban J connectivity index is 1.37. The number of nitrogens with two attached hydrogens (primary N) is 1. The van der Waals surface area contributed by atoms with Gasteiger partial charge >= 0.3 is 0 Å². The van der Waals surface area contributed by atoms with Crippen molar-refractivity contribution in [2.75, 3.05) is 32.7 Å². The monoisotopic (exact) mass is 484 g/mol. The van der Waals surface area contributed by atoms with E-state index in [1.807, 2.05) is 36.9 Å². The zero-order valence-electron chi connectivity index (χ0n) is 19.2. The van der Waals surface area contributed by atoms with Crippen molar-refractivity contribution in [3.63, 3.8) is 0 Å². The Hall–Kier alpha value is -3.21. The zero-order valence-corrected chi connectivity index (χ0v) is 20.0. The Morgan fingerprint density at radius 1 is 1.03 bits per heavy atom. The minimum atomic E-state index is -3.69. The maximum Gasteiger partial charge on any atom is 0.248 e. The first kappa shape index (κ1) is 23.9. The van der Waals surface area contributed by atoms with Crippen LogP contribution >= 0.6 is 0 Å². The number of hydrogen-bond acceptors (Lipinski definition) is 6. The average molecular weight is 485 g/mol. The topological polar surface area (TPSA) is 119 Å². The van der Waals surface area contributed by atoms with E-state index in [-0.39, 0.29) is 35.9 Å². The van der Waals surface area contributed by atoms with Crippen LogP contribution in [0, 0.1) is 13.8 Å². The van der Waals surface area contributed by atoms with Crippen molar-refractivity contribution < 1.29 is 22.4 Å². The second kappa shape index (κ2) is 9.57. The highest BCUT2D eigenvalue weighted by Crippen LogP contribution is 2.21. The number of aryl methyl sites for hydroxylation is 1. The summed E-state index contributed by atoms with van der Waals surface area (Å²) in [7, 11) is -3.69. The molecule has 1 aliphatic heterocycles. The van der Waals surface area contributed by atoms with Gasteiger partial charge in [0.2, 0.25) is 15.9 Å². The van der Waals surface area contributed by atoms with E-state index >= 15 is 0 Å². The highest BCUT2D eigenvalue weighted by molar-refractivity contribution is 7.89. The molecule has 0 radical (unpaired) electrons. The lowest BCUT2D eigenvalue weighted by molar-refractivity contribution is 0.0900. The summed E-state index contributed by atoms with van der Waals surface area (Å²) in [4.78, 5) is 26.4. The summed E-state index contributed by atoms with van der Waals surface area (Å²) in [6, 6.07) is 11.2. The van der Waals surface area contributed by atoms with E-state index in [1.54, 1.807) is 6.26 Å². The number of sulfonamides is 1. The van der Waals surface area contributed by atoms with Crippen LogP contribution in [-0.2, 0) is 16.6 Å². The first-order valence-electron chi connectivity index (χ1n) is 11.0. The van der Waals surface area contributed by atoms with Crippen molar-refractivity contribution >= 4 is 21.7 Å². The van der Waals surface area contributed by atoms with Gasteiger partial charge in [-0.25, -0.2) is 8.42 Å². The van der Waals surface area contributed by atoms with Crippen LogP contribution in [0.4, 0.5) is 0 Å². The Bertz CT molecular complexity index is 1290. The molecule has 0 saturated carbocycles. The summed E-state index contributed by atoms with van der Waals surface area (Å²) < 4.78 is 34.8. The summed E-state index contributed by atoms with van der Waals surface area (Å²) in [6.45, 7) is 6.16. The van der Waals surface area contributed by atoms with E-state index < -0.39 is 15.9 Å². The number of rotatable bonds is 8. The number of benzene rings is 1. The number of amides is 1. The van der Waals surface area contributed by atoms with E-state index in [9.17, 15) is 18.0 Å². The van der Waals surface area contributed by atoms with E-state index in [1.165, 1.54) is 28.6 Å². The molecule has 1 fully saturated rings. The van der Waals surface area contributed by atoms with Gasteiger partial charge in [0.15, 0.2) is 5.78 Å². The van der Waals surface area contributed by atoms with Gasteiger partial charge in [0, 0.05) is 48.7 Å². The van der Waals surface area contributed by atoms with Crippen molar-refractivity contribution in [1.82, 2.24) is 13.8 Å². The lowest BCUT2D eigenvalue weighted by atomic mass is 10.1. The third-order valence-corrected chi connectivity index (χ3v) is 8.16. The van der Waals surface area contributed by atoms with Gasteiger partial charge in [0.1, 0.15) is 5.76 Å². The number of primary amides is 1. The van der Waals surface area contributed by atoms with Crippen molar-refractivity contribution in [3.05, 3.63) is 77.0 Å². The van der Waals surface area contributed by atoms with E-state index in [4.69, 9.17) is 10.2 Å². The maximum absolute atomic E-state index is 13.0. The summed E-state index contributed by atoms with van der Waals surface area (Å²) in [6.07, 6.45) is 1.63. The number of aromatic nitrogens is 1. The van der Waals surface area contributed by atoms with Crippen LogP contribution < -0.4 is 5.73 Å². The molecule has 0 bridgehead atoms. The SMILES string of the molecule is Cc1cc(C(=O)CN2CCN(S(=O)(=O)c3ccc(C(N)=O)cc3)CC2)c(C)n1Cc1ccco1. The van der Waals surface area contributed by atoms with Crippen molar-refractivity contribution in [2.45, 2.75) is 25.3 Å². The smallest absolute Gasteiger partial charge is 0.248 e. The summed E-state index contributed by atoms with van der Waals surface area (Å²) in [5.74, 6) is 0.225. The molecule has 1 amide bonds. The second-order valence-electron chi connectivity index (χ2n) is 8.44. The molecule has 2 aromatic heterocycles. The van der Waals surface area contributed by atoms with Crippen molar-refractivity contribution in [2.24, 2.45) is 5.73 Å². The van der Waals surface area contributed by atoms with Crippen LogP contribution in [0.2, 0.25) is 0 Å². The minimum Gasteiger partial charge on any atom is -0.467 e. The molecule has 0 spiro atoms. The van der Waals surface area contributed by atoms with Gasteiger partial charge in [-0.3, -0.25) is 14.5 Å². The van der Waals surface area contributed by atoms with Crippen LogP contribution in [0.3, 0.4) is 0 Å². The fourth-order valence-corrected chi connectivity index (χ4v) is 5.66. The zero-order chi connectivity index (χ0) is 24.5. The molecule has 0 atom stereocenters. The Labute approximate surface area is 198 Å². The number of ketones is 1. The molecule has 0 aliphatic carbocycles. The van der Waals surface area contributed by atoms with Gasteiger partial charge in [-0.2, -0.15) is 4.31 Å². The molecule has 1 saturated heterocycles. The van der Waals surface area contributed by atoms with Gasteiger partial charge in [-0.1, -0.05) is 0 Å². The van der Waals surface area contributed by atoms with Gasteiger partial charge in [0.25, 0.3) is 0 Å². The number of Topliss-reactive ketones (excluding diaryl/α,β-unsaturated/α-hetero) is 1. The molecule has 9 nitrogen and oxygen atoms in total. The molecule has 34 heavy (non-hydrogen) atoms. The number of furan rings is 1.